The monoisotopic (exact) mass is 438 g/mol. The number of amides is 2. The summed E-state index contributed by atoms with van der Waals surface area (Å²) in [7, 11) is 0. The minimum atomic E-state index is -0.0105. The van der Waals surface area contributed by atoms with E-state index in [1.165, 1.54) is 38.5 Å². The van der Waals surface area contributed by atoms with Crippen LogP contribution in [0.5, 0.6) is 0 Å². The van der Waals surface area contributed by atoms with Gasteiger partial charge in [-0.25, -0.2) is 0 Å². The van der Waals surface area contributed by atoms with Gasteiger partial charge in [-0.15, -0.1) is 0 Å². The molecule has 0 unspecified atom stereocenters. The van der Waals surface area contributed by atoms with Gasteiger partial charge >= 0.3 is 0 Å². The molecule has 0 atom stereocenters. The van der Waals surface area contributed by atoms with Gasteiger partial charge in [0.2, 0.25) is 11.8 Å². The fourth-order valence-electron chi connectivity index (χ4n) is 8.07. The second-order valence-electron chi connectivity index (χ2n) is 11.4. The molecule has 0 aromatic carbocycles. The van der Waals surface area contributed by atoms with E-state index in [0.717, 1.165) is 68.8 Å². The van der Waals surface area contributed by atoms with Crippen LogP contribution in [0.25, 0.3) is 6.08 Å². The Morgan fingerprint density at radius 1 is 0.935 bits per heavy atom. The standard InChI is InChI=1S/C26H34N2O2S/c29-23(2-1-19-3-10-31-17-19)27-7-4-25(5-8-27)6-9-28(18-25)24(30)26-14-20-11-21(15-26)13-22(12-20)16-26/h1-3,10,17,20-22H,4-9,11-16,18H2/b2-1+. The number of nitrogens with zero attached hydrogens (tertiary/aromatic N) is 2. The lowest BCUT2D eigenvalue weighted by molar-refractivity contribution is -0.157. The molecule has 5 heteroatoms. The van der Waals surface area contributed by atoms with Crippen molar-refractivity contribution in [1.82, 2.24) is 9.80 Å². The molecule has 31 heavy (non-hydrogen) atoms. The van der Waals surface area contributed by atoms with Crippen LogP contribution >= 0.6 is 11.3 Å². The van der Waals surface area contributed by atoms with Crippen LogP contribution in [0.2, 0.25) is 0 Å². The van der Waals surface area contributed by atoms with Crippen molar-refractivity contribution < 1.29 is 9.59 Å². The van der Waals surface area contributed by atoms with Gasteiger partial charge in [-0.05, 0) is 109 Å². The Morgan fingerprint density at radius 3 is 2.13 bits per heavy atom. The molecule has 1 aromatic heterocycles. The van der Waals surface area contributed by atoms with Crippen molar-refractivity contribution in [2.75, 3.05) is 26.2 Å². The van der Waals surface area contributed by atoms with Crippen molar-refractivity contribution in [3.05, 3.63) is 28.5 Å². The first-order valence-corrected chi connectivity index (χ1v) is 13.3. The average Bonchev–Trinajstić information content (AvgIpc) is 3.42. The molecule has 1 aromatic rings. The molecular weight excluding hydrogens is 404 g/mol. The average molecular weight is 439 g/mol. The number of rotatable bonds is 3. The first-order valence-electron chi connectivity index (χ1n) is 12.3. The molecular formula is C26H34N2O2S. The summed E-state index contributed by atoms with van der Waals surface area (Å²) < 4.78 is 0. The number of carbonyl (C=O) groups is 2. The zero-order chi connectivity index (χ0) is 21.1. The second-order valence-corrected chi connectivity index (χ2v) is 12.2. The Hall–Kier alpha value is -1.62. The van der Waals surface area contributed by atoms with E-state index in [1.807, 2.05) is 22.4 Å². The molecule has 7 rings (SSSR count). The second kappa shape index (κ2) is 7.47. The normalized spacial score (nSPS) is 36.1. The summed E-state index contributed by atoms with van der Waals surface area (Å²) in [5.41, 5.74) is 1.33. The summed E-state index contributed by atoms with van der Waals surface area (Å²) in [6.07, 6.45) is 14.5. The zero-order valence-electron chi connectivity index (χ0n) is 18.4. The third-order valence-corrected chi connectivity index (χ3v) is 10.0. The maximum absolute atomic E-state index is 13.7. The van der Waals surface area contributed by atoms with E-state index in [1.54, 1.807) is 17.4 Å². The Morgan fingerprint density at radius 2 is 1.55 bits per heavy atom. The SMILES string of the molecule is O=C(/C=C/c1ccsc1)N1CCC2(CC1)CCN(C(=O)C13CC4CC(CC(C4)C1)C3)C2. The first-order chi connectivity index (χ1) is 15.0. The van der Waals surface area contributed by atoms with Crippen molar-refractivity contribution in [2.45, 2.75) is 57.8 Å². The van der Waals surface area contributed by atoms with Crippen LogP contribution in [0.1, 0.15) is 63.4 Å². The highest BCUT2D eigenvalue weighted by molar-refractivity contribution is 7.08. The van der Waals surface area contributed by atoms with Crippen molar-refractivity contribution >= 4 is 29.2 Å². The van der Waals surface area contributed by atoms with Crippen LogP contribution < -0.4 is 0 Å². The molecule has 4 aliphatic carbocycles. The lowest BCUT2D eigenvalue weighted by atomic mass is 9.49. The number of carbonyl (C=O) groups excluding carboxylic acids is 2. The van der Waals surface area contributed by atoms with Crippen molar-refractivity contribution in [1.29, 1.82) is 0 Å². The number of likely N-dealkylation sites (tertiary alicyclic amines) is 2. The number of hydrogen-bond donors (Lipinski definition) is 0. The Bertz CT molecular complexity index is 846. The number of thiophene rings is 1. The topological polar surface area (TPSA) is 40.6 Å². The molecule has 3 heterocycles. The van der Waals surface area contributed by atoms with E-state index < -0.39 is 0 Å². The molecule has 6 fully saturated rings. The Balaban J connectivity index is 1.07. The molecule has 166 valence electrons. The van der Waals surface area contributed by atoms with Gasteiger partial charge in [0.05, 0.1) is 5.41 Å². The van der Waals surface area contributed by atoms with Crippen LogP contribution in [0.15, 0.2) is 22.9 Å². The van der Waals surface area contributed by atoms with Crippen molar-refractivity contribution in [3.63, 3.8) is 0 Å². The highest BCUT2D eigenvalue weighted by Gasteiger charge is 2.57. The third-order valence-electron chi connectivity index (χ3n) is 9.31. The van der Waals surface area contributed by atoms with Gasteiger partial charge in [0.25, 0.3) is 0 Å². The molecule has 4 bridgehead atoms. The fraction of sp³-hybridized carbons (Fsp3) is 0.692. The van der Waals surface area contributed by atoms with Crippen molar-refractivity contribution in [3.8, 4) is 0 Å². The molecule has 2 saturated heterocycles. The summed E-state index contributed by atoms with van der Waals surface area (Å²) in [5.74, 6) is 3.09. The van der Waals surface area contributed by atoms with Crippen LogP contribution in [0.3, 0.4) is 0 Å². The summed E-state index contributed by atoms with van der Waals surface area (Å²) in [5, 5.41) is 4.09. The van der Waals surface area contributed by atoms with E-state index in [-0.39, 0.29) is 16.7 Å². The highest BCUT2D eigenvalue weighted by atomic mass is 32.1. The van der Waals surface area contributed by atoms with Crippen molar-refractivity contribution in [2.24, 2.45) is 28.6 Å². The summed E-state index contributed by atoms with van der Waals surface area (Å²) in [6, 6.07) is 2.04. The quantitative estimate of drug-likeness (QED) is 0.635. The van der Waals surface area contributed by atoms with Crippen LogP contribution in [0, 0.1) is 28.6 Å². The molecule has 4 nitrogen and oxygen atoms in total. The minimum Gasteiger partial charge on any atom is -0.342 e. The molecule has 0 radical (unpaired) electrons. The van der Waals surface area contributed by atoms with Crippen LogP contribution in [-0.4, -0.2) is 47.8 Å². The summed E-state index contributed by atoms with van der Waals surface area (Å²) in [4.78, 5) is 30.6. The lowest BCUT2D eigenvalue weighted by Gasteiger charge is -2.56. The number of hydrogen-bond acceptors (Lipinski definition) is 3. The number of piperidine rings is 1. The molecule has 4 saturated carbocycles. The van der Waals surface area contributed by atoms with Gasteiger partial charge < -0.3 is 9.80 Å². The van der Waals surface area contributed by atoms with Gasteiger partial charge in [-0.1, -0.05) is 0 Å². The van der Waals surface area contributed by atoms with E-state index in [2.05, 4.69) is 10.3 Å². The molecule has 2 amide bonds. The van der Waals surface area contributed by atoms with E-state index in [0.29, 0.717) is 5.91 Å². The molecule has 1 spiro atoms. The Labute approximate surface area is 189 Å². The van der Waals surface area contributed by atoms with E-state index in [4.69, 9.17) is 0 Å². The van der Waals surface area contributed by atoms with E-state index in [9.17, 15) is 9.59 Å². The molecule has 2 aliphatic heterocycles. The highest BCUT2D eigenvalue weighted by Crippen LogP contribution is 2.61. The lowest BCUT2D eigenvalue weighted by Crippen LogP contribution is -2.54. The smallest absolute Gasteiger partial charge is 0.246 e. The summed E-state index contributed by atoms with van der Waals surface area (Å²) in [6.45, 7) is 3.52. The Kier molecular flexibility index (Phi) is 4.82. The van der Waals surface area contributed by atoms with Crippen LogP contribution in [0.4, 0.5) is 0 Å². The fourth-order valence-corrected chi connectivity index (χ4v) is 8.70. The maximum Gasteiger partial charge on any atom is 0.246 e. The zero-order valence-corrected chi connectivity index (χ0v) is 19.2. The van der Waals surface area contributed by atoms with Crippen LogP contribution in [-0.2, 0) is 9.59 Å². The summed E-state index contributed by atoms with van der Waals surface area (Å²) >= 11 is 1.65. The minimum absolute atomic E-state index is 0.0105. The predicted octanol–water partition coefficient (Wildman–Crippen LogP) is 4.82. The third kappa shape index (κ3) is 3.57. The first kappa shape index (κ1) is 20.0. The largest absolute Gasteiger partial charge is 0.342 e. The van der Waals surface area contributed by atoms with Gasteiger partial charge in [0, 0.05) is 32.3 Å². The molecule has 0 N–H and O–H groups in total. The van der Waals surface area contributed by atoms with Gasteiger partial charge in [0.15, 0.2) is 0 Å². The van der Waals surface area contributed by atoms with Gasteiger partial charge in [-0.2, -0.15) is 11.3 Å². The van der Waals surface area contributed by atoms with Gasteiger partial charge in [-0.3, -0.25) is 9.59 Å². The maximum atomic E-state index is 13.7. The van der Waals surface area contributed by atoms with Gasteiger partial charge in [0.1, 0.15) is 0 Å². The van der Waals surface area contributed by atoms with E-state index >= 15 is 0 Å². The molecule has 6 aliphatic rings. The predicted molar refractivity (Wildman–Crippen MR) is 123 cm³/mol.